The van der Waals surface area contributed by atoms with E-state index in [9.17, 15) is 14.0 Å². The maximum absolute atomic E-state index is 13.5. The highest BCUT2D eigenvalue weighted by molar-refractivity contribution is 5.78. The molecule has 2 amide bonds. The van der Waals surface area contributed by atoms with E-state index in [0.717, 1.165) is 0 Å². The van der Waals surface area contributed by atoms with Gasteiger partial charge in [-0.1, -0.05) is 12.1 Å². The van der Waals surface area contributed by atoms with Crippen molar-refractivity contribution in [3.63, 3.8) is 0 Å². The lowest BCUT2D eigenvalue weighted by molar-refractivity contribution is -0.133. The van der Waals surface area contributed by atoms with Crippen LogP contribution in [-0.2, 0) is 9.53 Å². The minimum atomic E-state index is -0.641. The second kappa shape index (κ2) is 7.17. The molecule has 0 aromatic heterocycles. The van der Waals surface area contributed by atoms with E-state index in [1.165, 1.54) is 17.0 Å². The van der Waals surface area contributed by atoms with Crippen molar-refractivity contribution in [2.75, 3.05) is 19.7 Å². The maximum atomic E-state index is 13.5. The summed E-state index contributed by atoms with van der Waals surface area (Å²) in [6, 6.07) is 5.65. The number of nitrogens with zero attached hydrogens (tertiary/aromatic N) is 1. The number of likely N-dealkylation sites (tertiary alicyclic amines) is 1. The molecule has 2 N–H and O–H groups in total. The van der Waals surface area contributed by atoms with Gasteiger partial charge in [-0.3, -0.25) is 4.79 Å². The molecule has 1 aliphatic rings. The Kier molecular flexibility index (Phi) is 5.43. The molecule has 0 spiro atoms. The number of alkyl carbamates (subject to hydrolysis) is 1. The van der Waals surface area contributed by atoms with Crippen molar-refractivity contribution in [1.29, 1.82) is 0 Å². The van der Waals surface area contributed by atoms with Crippen LogP contribution in [0.2, 0.25) is 0 Å². The Balaban J connectivity index is 2.18. The number of halogens is 1. The van der Waals surface area contributed by atoms with Crippen LogP contribution in [0.1, 0.15) is 32.3 Å². The molecule has 1 heterocycles. The summed E-state index contributed by atoms with van der Waals surface area (Å²) in [4.78, 5) is 25.3. The highest BCUT2D eigenvalue weighted by atomic mass is 19.1. The van der Waals surface area contributed by atoms with Crippen molar-refractivity contribution < 1.29 is 23.8 Å². The maximum Gasteiger partial charge on any atom is 0.407 e. The number of rotatable bonds is 3. The molecule has 0 aliphatic carbocycles. The number of aliphatic hydroxyl groups is 1. The highest BCUT2D eigenvalue weighted by Gasteiger charge is 2.37. The monoisotopic (exact) mass is 338 g/mol. The summed E-state index contributed by atoms with van der Waals surface area (Å²) < 4.78 is 18.8. The number of ether oxygens (including phenoxy) is 1. The second-order valence-electron chi connectivity index (χ2n) is 6.87. The summed E-state index contributed by atoms with van der Waals surface area (Å²) in [5.74, 6) is -1.08. The predicted octanol–water partition coefficient (Wildman–Crippen LogP) is 1.64. The van der Waals surface area contributed by atoms with Crippen LogP contribution in [0.4, 0.5) is 9.18 Å². The molecular weight excluding hydrogens is 315 g/mol. The Morgan fingerprint density at radius 2 is 2.08 bits per heavy atom. The number of nitrogens with one attached hydrogen (secondary N) is 1. The van der Waals surface area contributed by atoms with Crippen molar-refractivity contribution in [2.45, 2.75) is 38.3 Å². The van der Waals surface area contributed by atoms with Crippen LogP contribution < -0.4 is 5.32 Å². The van der Waals surface area contributed by atoms with Gasteiger partial charge < -0.3 is 20.1 Å². The fourth-order valence-electron chi connectivity index (χ4n) is 2.79. The number of hydrogen-bond acceptors (Lipinski definition) is 4. The van der Waals surface area contributed by atoms with Gasteiger partial charge in [0, 0.05) is 19.0 Å². The molecule has 1 saturated heterocycles. The lowest BCUT2D eigenvalue weighted by Crippen LogP contribution is -2.43. The molecule has 6 nitrogen and oxygen atoms in total. The number of carbonyl (C=O) groups is 2. The minimum absolute atomic E-state index is 0.236. The third kappa shape index (κ3) is 4.67. The van der Waals surface area contributed by atoms with Crippen molar-refractivity contribution in [3.8, 4) is 0 Å². The summed E-state index contributed by atoms with van der Waals surface area (Å²) >= 11 is 0. The number of carbonyl (C=O) groups excluding carboxylic acids is 2. The fourth-order valence-corrected chi connectivity index (χ4v) is 2.79. The van der Waals surface area contributed by atoms with Crippen molar-refractivity contribution in [1.82, 2.24) is 10.2 Å². The summed E-state index contributed by atoms with van der Waals surface area (Å²) in [6.45, 7) is 5.20. The van der Waals surface area contributed by atoms with Gasteiger partial charge in [0.25, 0.3) is 0 Å². The molecular formula is C17H23FN2O4. The van der Waals surface area contributed by atoms with Crippen LogP contribution in [0.25, 0.3) is 0 Å². The zero-order valence-corrected chi connectivity index (χ0v) is 14.1. The van der Waals surface area contributed by atoms with E-state index in [0.29, 0.717) is 12.1 Å². The predicted molar refractivity (Wildman–Crippen MR) is 86.0 cm³/mol. The normalized spacial score (nSPS) is 20.8. The van der Waals surface area contributed by atoms with Gasteiger partial charge >= 0.3 is 6.09 Å². The van der Waals surface area contributed by atoms with Crippen LogP contribution in [-0.4, -0.2) is 53.3 Å². The number of benzene rings is 1. The Labute approximate surface area is 140 Å². The first kappa shape index (κ1) is 18.2. The van der Waals surface area contributed by atoms with Gasteiger partial charge in [0.2, 0.25) is 5.91 Å². The lowest BCUT2D eigenvalue weighted by Gasteiger charge is -2.24. The molecule has 0 bridgehead atoms. The Morgan fingerprint density at radius 1 is 1.38 bits per heavy atom. The van der Waals surface area contributed by atoms with Crippen molar-refractivity contribution in [2.24, 2.45) is 0 Å². The fraction of sp³-hybridized carbons (Fsp3) is 0.529. The van der Waals surface area contributed by atoms with E-state index in [1.54, 1.807) is 32.9 Å². The first-order valence-electron chi connectivity index (χ1n) is 7.83. The third-order valence-electron chi connectivity index (χ3n) is 3.79. The summed E-state index contributed by atoms with van der Waals surface area (Å²) in [5.41, 5.74) is 0.0433. The Hall–Kier alpha value is -2.15. The second-order valence-corrected chi connectivity index (χ2v) is 6.87. The Morgan fingerprint density at radius 3 is 2.67 bits per heavy atom. The molecule has 24 heavy (non-hydrogen) atoms. The average Bonchev–Trinajstić information content (AvgIpc) is 2.88. The highest BCUT2D eigenvalue weighted by Crippen LogP contribution is 2.28. The number of aliphatic hydroxyl groups excluding tert-OH is 1. The molecule has 132 valence electrons. The molecule has 0 unspecified atom stereocenters. The van der Waals surface area contributed by atoms with Crippen LogP contribution in [0.5, 0.6) is 0 Å². The van der Waals surface area contributed by atoms with Crippen molar-refractivity contribution >= 4 is 12.0 Å². The summed E-state index contributed by atoms with van der Waals surface area (Å²) in [5, 5.41) is 11.8. The third-order valence-corrected chi connectivity index (χ3v) is 3.79. The average molecular weight is 338 g/mol. The smallest absolute Gasteiger partial charge is 0.407 e. The molecule has 1 aromatic rings. The van der Waals surface area contributed by atoms with E-state index < -0.39 is 30.3 Å². The van der Waals surface area contributed by atoms with E-state index in [4.69, 9.17) is 9.84 Å². The lowest BCUT2D eigenvalue weighted by atomic mass is 9.94. The topological polar surface area (TPSA) is 78.9 Å². The molecule has 1 fully saturated rings. The Bertz CT molecular complexity index is 615. The van der Waals surface area contributed by atoms with Crippen LogP contribution in [0.15, 0.2) is 24.3 Å². The van der Waals surface area contributed by atoms with Gasteiger partial charge in [0.05, 0.1) is 6.04 Å². The molecule has 0 radical (unpaired) electrons. The number of amides is 2. The zero-order chi connectivity index (χ0) is 17.9. The molecule has 0 saturated carbocycles. The molecule has 1 aliphatic heterocycles. The van der Waals surface area contributed by atoms with E-state index in [1.807, 2.05) is 0 Å². The van der Waals surface area contributed by atoms with Gasteiger partial charge in [-0.2, -0.15) is 0 Å². The van der Waals surface area contributed by atoms with E-state index in [2.05, 4.69) is 5.32 Å². The molecule has 2 atom stereocenters. The van der Waals surface area contributed by atoms with E-state index >= 15 is 0 Å². The van der Waals surface area contributed by atoms with Gasteiger partial charge in [-0.05, 0) is 38.5 Å². The molecule has 7 heteroatoms. The van der Waals surface area contributed by atoms with Crippen LogP contribution >= 0.6 is 0 Å². The van der Waals surface area contributed by atoms with Gasteiger partial charge in [-0.15, -0.1) is 0 Å². The largest absolute Gasteiger partial charge is 0.444 e. The first-order valence-corrected chi connectivity index (χ1v) is 7.83. The summed E-state index contributed by atoms with van der Waals surface area (Å²) in [6.07, 6.45) is -0.591. The van der Waals surface area contributed by atoms with Crippen molar-refractivity contribution in [3.05, 3.63) is 35.6 Å². The minimum Gasteiger partial charge on any atom is -0.444 e. The molecule has 1 aromatic carbocycles. The SMILES string of the molecule is CC(C)(C)OC(=O)N[C@H]1CN(C(=O)CO)C[C@@H]1c1cccc(F)c1. The number of hydrogen-bond donors (Lipinski definition) is 2. The first-order chi connectivity index (χ1) is 11.2. The van der Waals surface area contributed by atoms with Gasteiger partial charge in [-0.25, -0.2) is 9.18 Å². The van der Waals surface area contributed by atoms with Gasteiger partial charge in [0.15, 0.2) is 0 Å². The quantitative estimate of drug-likeness (QED) is 0.878. The van der Waals surface area contributed by atoms with Gasteiger partial charge in [0.1, 0.15) is 18.0 Å². The van der Waals surface area contributed by atoms with Crippen LogP contribution in [0, 0.1) is 5.82 Å². The summed E-state index contributed by atoms with van der Waals surface area (Å²) in [7, 11) is 0. The molecule has 2 rings (SSSR count). The van der Waals surface area contributed by atoms with E-state index in [-0.39, 0.29) is 18.3 Å². The van der Waals surface area contributed by atoms with Crippen LogP contribution in [0.3, 0.4) is 0 Å². The standard InChI is InChI=1S/C17H23FN2O4/c1-17(2,3)24-16(23)19-14-9-20(15(22)10-21)8-13(14)11-5-4-6-12(18)7-11/h4-7,13-14,21H,8-10H2,1-3H3,(H,19,23)/t13-,14+/m1/s1. The zero-order valence-electron chi connectivity index (χ0n) is 14.1.